The number of rotatable bonds is 6. The predicted molar refractivity (Wildman–Crippen MR) is 127 cm³/mol. The van der Waals surface area contributed by atoms with Gasteiger partial charge < -0.3 is 10.2 Å². The minimum Gasteiger partial charge on any atom is -0.336 e. The molecule has 2 heterocycles. The Hall–Kier alpha value is -2.98. The van der Waals surface area contributed by atoms with Crippen molar-refractivity contribution in [2.75, 3.05) is 6.54 Å². The average molecular weight is 553 g/mol. The molecule has 1 aromatic carbocycles. The minimum absolute atomic E-state index is 0.0522. The molecule has 2 atom stereocenters. The molecule has 1 N–H and O–H groups in total. The lowest BCUT2D eigenvalue weighted by molar-refractivity contribution is -0.199. The number of nitrogens with one attached hydrogen (secondary N) is 1. The lowest BCUT2D eigenvalue weighted by Gasteiger charge is -2.29. The van der Waals surface area contributed by atoms with Crippen molar-refractivity contribution in [1.29, 1.82) is 5.26 Å². The number of hydrogen-bond donors (Lipinski definition) is 1. The van der Waals surface area contributed by atoms with Crippen LogP contribution in [0.15, 0.2) is 35.4 Å². The molecular formula is C24H23F3N4O4S2. The van der Waals surface area contributed by atoms with Crippen LogP contribution in [0, 0.1) is 23.7 Å². The number of sulfone groups is 1. The number of alkyl halides is 3. The third-order valence-corrected chi connectivity index (χ3v) is 10.5. The zero-order chi connectivity index (χ0) is 26.8. The predicted octanol–water partition coefficient (Wildman–Crippen LogP) is 3.38. The smallest absolute Gasteiger partial charge is 0.336 e. The summed E-state index contributed by atoms with van der Waals surface area (Å²) in [6.45, 7) is 1.31. The summed E-state index contributed by atoms with van der Waals surface area (Å²) in [4.78, 5) is 31.9. The van der Waals surface area contributed by atoms with E-state index in [-0.39, 0.29) is 11.3 Å². The van der Waals surface area contributed by atoms with Crippen LogP contribution in [0.1, 0.15) is 37.1 Å². The Bertz CT molecular complexity index is 1400. The molecule has 0 spiro atoms. The molecule has 5 rings (SSSR count). The second kappa shape index (κ2) is 8.52. The van der Waals surface area contributed by atoms with Crippen molar-refractivity contribution in [2.24, 2.45) is 5.41 Å². The van der Waals surface area contributed by atoms with E-state index in [1.165, 1.54) is 23.5 Å². The van der Waals surface area contributed by atoms with E-state index in [2.05, 4.69) is 10.3 Å². The molecule has 0 radical (unpaired) electrons. The largest absolute Gasteiger partial charge is 0.403 e. The van der Waals surface area contributed by atoms with Crippen molar-refractivity contribution < 1.29 is 31.2 Å². The molecule has 196 valence electrons. The van der Waals surface area contributed by atoms with E-state index in [1.54, 1.807) is 18.3 Å². The summed E-state index contributed by atoms with van der Waals surface area (Å²) >= 11 is 1.44. The summed E-state index contributed by atoms with van der Waals surface area (Å²) < 4.78 is 68.1. The van der Waals surface area contributed by atoms with E-state index in [1.807, 2.05) is 13.0 Å². The molecule has 1 aromatic heterocycles. The number of benzene rings is 1. The number of amides is 2. The molecule has 2 saturated carbocycles. The first-order valence-electron chi connectivity index (χ1n) is 11.7. The second-order valence-electron chi connectivity index (χ2n) is 9.91. The summed E-state index contributed by atoms with van der Waals surface area (Å²) in [6.07, 6.45) is -3.53. The normalized spacial score (nSPS) is 23.8. The molecule has 3 fully saturated rings. The molecule has 13 heteroatoms. The number of likely N-dealkylation sites (tertiary alicyclic amines) is 1. The lowest BCUT2D eigenvalue weighted by atomic mass is 10.0. The monoisotopic (exact) mass is 552 g/mol. The maximum atomic E-state index is 13.7. The van der Waals surface area contributed by atoms with Crippen LogP contribution < -0.4 is 5.32 Å². The number of halogens is 3. The third kappa shape index (κ3) is 4.40. The minimum atomic E-state index is -4.81. The standard InChI is InChI=1S/C24H23F3N4O4S2/c1-14-29-11-19(36-14)15-2-4-16(5-3-15)37(34,35)17-10-18(20(32)30-22(13-28)6-7-22)31(12-17)21(33)23(8-9-23)24(25,26)27/h2-5,11,17-18H,6-10,12H2,1H3,(H,30,32). The Balaban J connectivity index is 1.42. The number of nitrogens with zero attached hydrogens (tertiary/aromatic N) is 3. The highest BCUT2D eigenvalue weighted by atomic mass is 32.2. The molecule has 2 aliphatic carbocycles. The Morgan fingerprint density at radius 3 is 2.32 bits per heavy atom. The van der Waals surface area contributed by atoms with Crippen molar-refractivity contribution in [3.8, 4) is 16.5 Å². The van der Waals surface area contributed by atoms with E-state index in [4.69, 9.17) is 0 Å². The molecule has 8 nitrogen and oxygen atoms in total. The third-order valence-electron chi connectivity index (χ3n) is 7.38. The maximum absolute atomic E-state index is 13.7. The highest BCUT2D eigenvalue weighted by Crippen LogP contribution is 2.59. The van der Waals surface area contributed by atoms with E-state index >= 15 is 0 Å². The number of carbonyl (C=O) groups excluding carboxylic acids is 2. The lowest BCUT2D eigenvalue weighted by Crippen LogP contribution is -2.53. The van der Waals surface area contributed by atoms with E-state index < -0.39 is 69.5 Å². The second-order valence-corrected chi connectivity index (χ2v) is 13.4. The molecule has 2 amide bonds. The fourth-order valence-electron chi connectivity index (χ4n) is 4.72. The summed E-state index contributed by atoms with van der Waals surface area (Å²) in [7, 11) is -4.09. The first kappa shape index (κ1) is 25.7. The van der Waals surface area contributed by atoms with Crippen LogP contribution >= 0.6 is 11.3 Å². The van der Waals surface area contributed by atoms with Crippen LogP contribution in [0.2, 0.25) is 0 Å². The van der Waals surface area contributed by atoms with Crippen molar-refractivity contribution in [1.82, 2.24) is 15.2 Å². The van der Waals surface area contributed by atoms with Crippen LogP contribution in [0.4, 0.5) is 13.2 Å². The summed E-state index contributed by atoms with van der Waals surface area (Å²) in [5.41, 5.74) is -2.95. The van der Waals surface area contributed by atoms with Gasteiger partial charge >= 0.3 is 6.18 Å². The quantitative estimate of drug-likeness (QED) is 0.587. The Morgan fingerprint density at radius 1 is 1.19 bits per heavy atom. The first-order valence-corrected chi connectivity index (χ1v) is 14.1. The summed E-state index contributed by atoms with van der Waals surface area (Å²) in [5.74, 6) is -2.09. The Morgan fingerprint density at radius 2 is 1.84 bits per heavy atom. The van der Waals surface area contributed by atoms with Crippen LogP contribution in [-0.2, 0) is 19.4 Å². The highest BCUT2D eigenvalue weighted by molar-refractivity contribution is 7.92. The van der Waals surface area contributed by atoms with Crippen molar-refractivity contribution >= 4 is 33.0 Å². The van der Waals surface area contributed by atoms with Crippen LogP contribution in [0.25, 0.3) is 10.4 Å². The van der Waals surface area contributed by atoms with Gasteiger partial charge in [0.25, 0.3) is 0 Å². The number of carbonyl (C=O) groups is 2. The molecule has 37 heavy (non-hydrogen) atoms. The van der Waals surface area contributed by atoms with Crippen LogP contribution in [-0.4, -0.2) is 59.7 Å². The molecular weight excluding hydrogens is 529 g/mol. The number of nitriles is 1. The van der Waals surface area contributed by atoms with Crippen LogP contribution in [0.5, 0.6) is 0 Å². The highest BCUT2D eigenvalue weighted by Gasteiger charge is 2.70. The molecule has 1 aliphatic heterocycles. The van der Waals surface area contributed by atoms with Gasteiger partial charge in [-0.2, -0.15) is 18.4 Å². The van der Waals surface area contributed by atoms with Crippen LogP contribution in [0.3, 0.4) is 0 Å². The number of hydrogen-bond acceptors (Lipinski definition) is 7. The first-order chi connectivity index (χ1) is 17.3. The SMILES string of the molecule is Cc1ncc(-c2ccc(S(=O)(=O)C3CC(C(=O)NC4(C#N)CC4)N(C(=O)C4(C(F)(F)F)CC4)C3)cc2)s1. The molecule has 0 bridgehead atoms. The molecule has 1 saturated heterocycles. The van der Waals surface area contributed by atoms with Gasteiger partial charge in [0.2, 0.25) is 11.8 Å². The van der Waals surface area contributed by atoms with Gasteiger partial charge in [-0.1, -0.05) is 12.1 Å². The number of thiazole rings is 1. The Labute approximate surface area is 215 Å². The summed E-state index contributed by atoms with van der Waals surface area (Å²) in [5, 5.41) is 11.4. The van der Waals surface area contributed by atoms with Gasteiger partial charge in [0.1, 0.15) is 17.0 Å². The fraction of sp³-hybridized carbons (Fsp3) is 0.500. The van der Waals surface area contributed by atoms with Gasteiger partial charge in [0.05, 0.1) is 26.1 Å². The van der Waals surface area contributed by atoms with E-state index in [9.17, 15) is 36.4 Å². The average Bonchev–Trinajstić information content (AvgIpc) is 3.73. The van der Waals surface area contributed by atoms with Gasteiger partial charge in [0, 0.05) is 12.7 Å². The van der Waals surface area contributed by atoms with Gasteiger partial charge in [-0.25, -0.2) is 13.4 Å². The Kier molecular flexibility index (Phi) is 5.91. The van der Waals surface area contributed by atoms with E-state index in [0.29, 0.717) is 12.8 Å². The van der Waals surface area contributed by atoms with Gasteiger partial charge in [-0.05, 0) is 56.7 Å². The maximum Gasteiger partial charge on any atom is 0.403 e. The van der Waals surface area contributed by atoms with Gasteiger partial charge in [-0.3, -0.25) is 9.59 Å². The van der Waals surface area contributed by atoms with Crippen molar-refractivity contribution in [2.45, 2.75) is 66.9 Å². The topological polar surface area (TPSA) is 120 Å². The zero-order valence-electron chi connectivity index (χ0n) is 19.7. The zero-order valence-corrected chi connectivity index (χ0v) is 21.3. The van der Waals surface area contributed by atoms with Gasteiger partial charge in [-0.15, -0.1) is 11.3 Å². The molecule has 2 unspecified atom stereocenters. The fourth-order valence-corrected chi connectivity index (χ4v) is 7.19. The molecule has 2 aromatic rings. The number of aryl methyl sites for hydroxylation is 1. The number of aromatic nitrogens is 1. The summed E-state index contributed by atoms with van der Waals surface area (Å²) in [6, 6.07) is 6.61. The molecule has 3 aliphatic rings. The van der Waals surface area contributed by atoms with Gasteiger partial charge in [0.15, 0.2) is 9.84 Å². The van der Waals surface area contributed by atoms with E-state index in [0.717, 1.165) is 20.3 Å². The van der Waals surface area contributed by atoms with Crippen molar-refractivity contribution in [3.63, 3.8) is 0 Å². The van der Waals surface area contributed by atoms with Crippen molar-refractivity contribution in [3.05, 3.63) is 35.5 Å².